The van der Waals surface area contributed by atoms with E-state index in [4.69, 9.17) is 9.84 Å². The van der Waals surface area contributed by atoms with Gasteiger partial charge in [-0.25, -0.2) is 4.79 Å². The van der Waals surface area contributed by atoms with Gasteiger partial charge in [-0.05, 0) is 12.0 Å². The predicted molar refractivity (Wildman–Crippen MR) is 71.1 cm³/mol. The van der Waals surface area contributed by atoms with Crippen LogP contribution in [0.25, 0.3) is 0 Å². The monoisotopic (exact) mass is 279 g/mol. The number of nitrogens with one attached hydrogen (secondary N) is 1. The molecular weight excluding hydrogens is 262 g/mol. The average Bonchev–Trinajstić information content (AvgIpc) is 2.44. The van der Waals surface area contributed by atoms with Gasteiger partial charge in [-0.15, -0.1) is 0 Å². The van der Waals surface area contributed by atoms with Gasteiger partial charge in [0.05, 0.1) is 6.54 Å². The highest BCUT2D eigenvalue weighted by atomic mass is 16.5. The Balaban J connectivity index is 2.33. The summed E-state index contributed by atoms with van der Waals surface area (Å²) in [5.74, 6) is -2.82. The van der Waals surface area contributed by atoms with E-state index in [-0.39, 0.29) is 19.6 Å². The maximum absolute atomic E-state index is 11.5. The van der Waals surface area contributed by atoms with Crippen LogP contribution in [0.5, 0.6) is 0 Å². The van der Waals surface area contributed by atoms with Gasteiger partial charge in [-0.1, -0.05) is 37.3 Å². The van der Waals surface area contributed by atoms with Gasteiger partial charge in [0.15, 0.2) is 5.78 Å². The van der Waals surface area contributed by atoms with E-state index in [1.807, 2.05) is 18.2 Å². The van der Waals surface area contributed by atoms with Crippen LogP contribution in [0, 0.1) is 5.92 Å². The van der Waals surface area contributed by atoms with Gasteiger partial charge in [-0.2, -0.15) is 0 Å². The van der Waals surface area contributed by atoms with Crippen molar-refractivity contribution in [3.8, 4) is 0 Å². The van der Waals surface area contributed by atoms with Gasteiger partial charge in [0.2, 0.25) is 0 Å². The molecule has 2 N–H and O–H groups in total. The van der Waals surface area contributed by atoms with E-state index in [1.165, 1.54) is 0 Å². The largest absolute Gasteiger partial charge is 0.481 e. The van der Waals surface area contributed by atoms with Crippen molar-refractivity contribution < 1.29 is 24.2 Å². The van der Waals surface area contributed by atoms with Crippen LogP contribution in [0.4, 0.5) is 4.79 Å². The predicted octanol–water partition coefficient (Wildman–Crippen LogP) is 1.59. The molecule has 1 aromatic rings. The molecular formula is C14H17NO5. The number of Topliss-reactive ketones (excluding diaryl/α,β-unsaturated/α-hetero) is 1. The number of ether oxygens (including phenoxy) is 1. The summed E-state index contributed by atoms with van der Waals surface area (Å²) in [6.45, 7) is 1.35. The van der Waals surface area contributed by atoms with Crippen LogP contribution in [0.15, 0.2) is 30.3 Å². The van der Waals surface area contributed by atoms with Crippen LogP contribution in [0.3, 0.4) is 0 Å². The van der Waals surface area contributed by atoms with Crippen molar-refractivity contribution in [2.24, 2.45) is 5.92 Å². The van der Waals surface area contributed by atoms with Crippen LogP contribution in [0.2, 0.25) is 0 Å². The first-order chi connectivity index (χ1) is 9.54. The van der Waals surface area contributed by atoms with E-state index in [9.17, 15) is 14.4 Å². The van der Waals surface area contributed by atoms with E-state index in [2.05, 4.69) is 5.32 Å². The lowest BCUT2D eigenvalue weighted by Gasteiger charge is -2.10. The maximum Gasteiger partial charge on any atom is 0.407 e. The Labute approximate surface area is 116 Å². The quantitative estimate of drug-likeness (QED) is 0.739. The lowest BCUT2D eigenvalue weighted by molar-refractivity contribution is -0.146. The Morgan fingerprint density at radius 3 is 2.45 bits per heavy atom. The second-order valence-corrected chi connectivity index (χ2v) is 4.18. The lowest BCUT2D eigenvalue weighted by Crippen LogP contribution is -2.35. The van der Waals surface area contributed by atoms with Crippen LogP contribution in [0.1, 0.15) is 18.9 Å². The summed E-state index contributed by atoms with van der Waals surface area (Å²) in [4.78, 5) is 33.7. The second kappa shape index (κ2) is 7.93. The number of benzene rings is 1. The van der Waals surface area contributed by atoms with E-state index >= 15 is 0 Å². The molecule has 0 spiro atoms. The van der Waals surface area contributed by atoms with Crippen LogP contribution in [-0.4, -0.2) is 29.5 Å². The molecule has 108 valence electrons. The van der Waals surface area contributed by atoms with Crippen molar-refractivity contribution in [3.05, 3.63) is 35.9 Å². The van der Waals surface area contributed by atoms with Gasteiger partial charge in [0, 0.05) is 0 Å². The molecule has 0 bridgehead atoms. The molecule has 6 nitrogen and oxygen atoms in total. The lowest BCUT2D eigenvalue weighted by atomic mass is 10.0. The Kier molecular flexibility index (Phi) is 6.22. The summed E-state index contributed by atoms with van der Waals surface area (Å²) in [6.07, 6.45) is -0.558. The molecule has 0 radical (unpaired) electrons. The Morgan fingerprint density at radius 1 is 1.25 bits per heavy atom. The highest BCUT2D eigenvalue weighted by molar-refractivity contribution is 6.00. The molecule has 1 amide bonds. The van der Waals surface area contributed by atoms with Gasteiger partial charge in [0.25, 0.3) is 0 Å². The maximum atomic E-state index is 11.5. The molecule has 1 unspecified atom stereocenters. The van der Waals surface area contributed by atoms with E-state index in [0.29, 0.717) is 0 Å². The fraction of sp³-hybridized carbons (Fsp3) is 0.357. The normalized spacial score (nSPS) is 11.4. The number of aliphatic carboxylic acids is 1. The number of hydrogen-bond acceptors (Lipinski definition) is 4. The van der Waals surface area contributed by atoms with E-state index in [0.717, 1.165) is 5.56 Å². The number of carboxylic acid groups (broad SMARTS) is 1. The Morgan fingerprint density at radius 2 is 1.90 bits per heavy atom. The van der Waals surface area contributed by atoms with Gasteiger partial charge in [-0.3, -0.25) is 9.59 Å². The number of rotatable bonds is 7. The summed E-state index contributed by atoms with van der Waals surface area (Å²) in [5.41, 5.74) is 0.825. The first kappa shape index (κ1) is 15.7. The minimum absolute atomic E-state index is 0.0942. The van der Waals surface area contributed by atoms with Gasteiger partial charge < -0.3 is 15.2 Å². The first-order valence-electron chi connectivity index (χ1n) is 6.24. The zero-order chi connectivity index (χ0) is 15.0. The number of alkyl carbamates (subject to hydrolysis) is 1. The summed E-state index contributed by atoms with van der Waals surface area (Å²) in [6, 6.07) is 9.09. The van der Waals surface area contributed by atoms with Gasteiger partial charge >= 0.3 is 12.1 Å². The molecule has 20 heavy (non-hydrogen) atoms. The average molecular weight is 279 g/mol. The fourth-order valence-corrected chi connectivity index (χ4v) is 1.60. The van der Waals surface area contributed by atoms with Crippen molar-refractivity contribution in [1.29, 1.82) is 0 Å². The summed E-state index contributed by atoms with van der Waals surface area (Å²) in [7, 11) is 0. The fourth-order valence-electron chi connectivity index (χ4n) is 1.60. The van der Waals surface area contributed by atoms with Crippen molar-refractivity contribution in [2.45, 2.75) is 20.0 Å². The zero-order valence-corrected chi connectivity index (χ0v) is 11.2. The van der Waals surface area contributed by atoms with Crippen LogP contribution >= 0.6 is 0 Å². The molecule has 0 aliphatic heterocycles. The topological polar surface area (TPSA) is 92.7 Å². The molecule has 1 aromatic carbocycles. The Bertz CT molecular complexity index is 472. The summed E-state index contributed by atoms with van der Waals surface area (Å²) < 4.78 is 4.90. The first-order valence-corrected chi connectivity index (χ1v) is 6.24. The number of hydrogen-bond donors (Lipinski definition) is 2. The van der Waals surface area contributed by atoms with Gasteiger partial charge in [0.1, 0.15) is 12.5 Å². The summed E-state index contributed by atoms with van der Waals surface area (Å²) >= 11 is 0. The third kappa shape index (κ3) is 5.09. The second-order valence-electron chi connectivity index (χ2n) is 4.18. The number of carbonyl (C=O) groups excluding carboxylic acids is 2. The highest BCUT2D eigenvalue weighted by Gasteiger charge is 2.24. The SMILES string of the molecule is CCC(C(=O)O)C(=O)CNC(=O)OCc1ccccc1. The smallest absolute Gasteiger partial charge is 0.407 e. The molecule has 0 saturated carbocycles. The summed E-state index contributed by atoms with van der Waals surface area (Å²) in [5, 5.41) is 11.0. The molecule has 0 aliphatic carbocycles. The zero-order valence-electron chi connectivity index (χ0n) is 11.2. The number of amides is 1. The minimum Gasteiger partial charge on any atom is -0.481 e. The molecule has 6 heteroatoms. The molecule has 0 fully saturated rings. The molecule has 1 rings (SSSR count). The molecule has 0 saturated heterocycles. The highest BCUT2D eigenvalue weighted by Crippen LogP contribution is 2.04. The third-order valence-corrected chi connectivity index (χ3v) is 2.71. The van der Waals surface area contributed by atoms with Crippen LogP contribution in [-0.2, 0) is 20.9 Å². The van der Waals surface area contributed by atoms with Crippen molar-refractivity contribution >= 4 is 17.8 Å². The molecule has 1 atom stereocenters. The standard InChI is InChI=1S/C14H17NO5/c1-2-11(13(17)18)12(16)8-15-14(19)20-9-10-6-4-3-5-7-10/h3-7,11H,2,8-9H2,1H3,(H,15,19)(H,17,18). The van der Waals surface area contributed by atoms with Crippen molar-refractivity contribution in [1.82, 2.24) is 5.32 Å². The van der Waals surface area contributed by atoms with Crippen LogP contribution < -0.4 is 5.32 Å². The minimum atomic E-state index is -1.18. The number of ketones is 1. The molecule has 0 aliphatic rings. The van der Waals surface area contributed by atoms with E-state index in [1.54, 1.807) is 19.1 Å². The van der Waals surface area contributed by atoms with E-state index < -0.39 is 23.8 Å². The Hall–Kier alpha value is -2.37. The van der Waals surface area contributed by atoms with Crippen molar-refractivity contribution in [3.63, 3.8) is 0 Å². The number of carbonyl (C=O) groups is 3. The molecule has 0 aromatic heterocycles. The molecule has 0 heterocycles. The van der Waals surface area contributed by atoms with Crippen molar-refractivity contribution in [2.75, 3.05) is 6.54 Å². The number of carboxylic acids is 1. The third-order valence-electron chi connectivity index (χ3n) is 2.71.